The SMILES string of the molecule is CC(C)NC(C)(NC(C)C)C1(c2ccccc2Cl)C(=O)NC(=O)C1C. The molecule has 0 radical (unpaired) electrons. The molecule has 138 valence electrons. The zero-order valence-corrected chi connectivity index (χ0v) is 16.5. The number of hydrogen-bond acceptors (Lipinski definition) is 4. The summed E-state index contributed by atoms with van der Waals surface area (Å²) in [7, 11) is 0. The Bertz CT molecular complexity index is 664. The van der Waals surface area contributed by atoms with Crippen LogP contribution in [0.5, 0.6) is 0 Å². The molecule has 6 heteroatoms. The lowest BCUT2D eigenvalue weighted by Crippen LogP contribution is -2.73. The first-order valence-corrected chi connectivity index (χ1v) is 9.09. The van der Waals surface area contributed by atoms with E-state index in [9.17, 15) is 9.59 Å². The molecule has 2 rings (SSSR count). The number of imide groups is 1. The maximum absolute atomic E-state index is 13.2. The van der Waals surface area contributed by atoms with Crippen molar-refractivity contribution in [3.05, 3.63) is 34.9 Å². The normalized spacial score (nSPS) is 24.3. The van der Waals surface area contributed by atoms with Crippen molar-refractivity contribution in [2.75, 3.05) is 0 Å². The molecule has 1 saturated heterocycles. The topological polar surface area (TPSA) is 70.2 Å². The highest BCUT2D eigenvalue weighted by Gasteiger charge is 2.65. The summed E-state index contributed by atoms with van der Waals surface area (Å²) in [6.45, 7) is 11.8. The van der Waals surface area contributed by atoms with Crippen molar-refractivity contribution in [1.29, 1.82) is 0 Å². The molecule has 1 aliphatic heterocycles. The molecule has 2 atom stereocenters. The zero-order chi connectivity index (χ0) is 19.0. The second-order valence-electron chi connectivity index (χ2n) is 7.55. The molecule has 0 bridgehead atoms. The fraction of sp³-hybridized carbons (Fsp3) is 0.579. The van der Waals surface area contributed by atoms with Crippen molar-refractivity contribution >= 4 is 23.4 Å². The summed E-state index contributed by atoms with van der Waals surface area (Å²) in [6, 6.07) is 7.43. The molecule has 1 aromatic rings. The Hall–Kier alpha value is -1.43. The number of rotatable bonds is 6. The number of hydrogen-bond donors (Lipinski definition) is 3. The number of benzene rings is 1. The molecule has 1 aliphatic rings. The van der Waals surface area contributed by atoms with E-state index in [1.807, 2.05) is 52.8 Å². The van der Waals surface area contributed by atoms with E-state index in [1.54, 1.807) is 13.0 Å². The van der Waals surface area contributed by atoms with Crippen molar-refractivity contribution in [3.63, 3.8) is 0 Å². The van der Waals surface area contributed by atoms with Gasteiger partial charge in [-0.1, -0.05) is 36.7 Å². The average Bonchev–Trinajstić information content (AvgIpc) is 2.69. The standard InChI is InChI=1S/C19H28ClN3O2/c1-11(2)22-18(6,23-12(3)4)19(13(5)16(24)21-17(19)25)14-9-7-8-10-15(14)20/h7-13,22-23H,1-6H3,(H,21,24,25). The Labute approximate surface area is 154 Å². The van der Waals surface area contributed by atoms with E-state index < -0.39 is 17.0 Å². The molecule has 1 heterocycles. The predicted octanol–water partition coefficient (Wildman–Crippen LogP) is 2.58. The molecular formula is C19H28ClN3O2. The molecule has 25 heavy (non-hydrogen) atoms. The van der Waals surface area contributed by atoms with Crippen molar-refractivity contribution in [3.8, 4) is 0 Å². The minimum absolute atomic E-state index is 0.0892. The fourth-order valence-corrected chi connectivity index (χ4v) is 4.49. The number of carbonyl (C=O) groups is 2. The highest BCUT2D eigenvalue weighted by Crippen LogP contribution is 2.47. The molecule has 0 spiro atoms. The van der Waals surface area contributed by atoms with Gasteiger partial charge in [0.15, 0.2) is 0 Å². The van der Waals surface area contributed by atoms with Gasteiger partial charge in [-0.3, -0.25) is 25.5 Å². The van der Waals surface area contributed by atoms with E-state index in [0.717, 1.165) is 0 Å². The maximum atomic E-state index is 13.2. The second-order valence-corrected chi connectivity index (χ2v) is 7.96. The Kier molecular flexibility index (Phi) is 5.62. The van der Waals surface area contributed by atoms with Gasteiger partial charge in [0.25, 0.3) is 0 Å². The Balaban J connectivity index is 2.80. The van der Waals surface area contributed by atoms with E-state index in [2.05, 4.69) is 16.0 Å². The lowest BCUT2D eigenvalue weighted by Gasteiger charge is -2.50. The van der Waals surface area contributed by atoms with Crippen LogP contribution in [0.25, 0.3) is 0 Å². The summed E-state index contributed by atoms with van der Waals surface area (Å²) in [5.74, 6) is -1.20. The first kappa shape index (κ1) is 19.9. The van der Waals surface area contributed by atoms with Crippen molar-refractivity contribution in [2.45, 2.75) is 64.7 Å². The minimum Gasteiger partial charge on any atom is -0.296 e. The summed E-state index contributed by atoms with van der Waals surface area (Å²) >= 11 is 6.50. The zero-order valence-electron chi connectivity index (χ0n) is 15.7. The van der Waals surface area contributed by atoms with Crippen molar-refractivity contribution < 1.29 is 9.59 Å². The molecule has 1 aromatic carbocycles. The lowest BCUT2D eigenvalue weighted by atomic mass is 9.63. The summed E-state index contributed by atoms with van der Waals surface area (Å²) in [4.78, 5) is 25.7. The smallest absolute Gasteiger partial charge is 0.241 e. The third kappa shape index (κ3) is 3.21. The molecule has 3 N–H and O–H groups in total. The van der Waals surface area contributed by atoms with E-state index in [-0.39, 0.29) is 23.9 Å². The van der Waals surface area contributed by atoms with Crippen LogP contribution in [0.4, 0.5) is 0 Å². The summed E-state index contributed by atoms with van der Waals surface area (Å²) in [5.41, 5.74) is -1.40. The van der Waals surface area contributed by atoms with Crippen LogP contribution in [0.3, 0.4) is 0 Å². The number of nitrogens with one attached hydrogen (secondary N) is 3. The molecule has 1 fully saturated rings. The third-order valence-electron chi connectivity index (χ3n) is 4.88. The van der Waals surface area contributed by atoms with Crippen LogP contribution in [0.2, 0.25) is 5.02 Å². The summed E-state index contributed by atoms with van der Waals surface area (Å²) < 4.78 is 0. The van der Waals surface area contributed by atoms with Gasteiger partial charge >= 0.3 is 0 Å². The van der Waals surface area contributed by atoms with Crippen molar-refractivity contribution in [2.24, 2.45) is 5.92 Å². The molecule has 0 saturated carbocycles. The highest BCUT2D eigenvalue weighted by atomic mass is 35.5. The Morgan fingerprint density at radius 3 is 2.04 bits per heavy atom. The third-order valence-corrected chi connectivity index (χ3v) is 5.21. The van der Waals surface area contributed by atoms with Crippen LogP contribution < -0.4 is 16.0 Å². The second kappa shape index (κ2) is 7.06. The number of amides is 2. The van der Waals surface area contributed by atoms with Gasteiger partial charge in [-0.2, -0.15) is 0 Å². The molecule has 0 aromatic heterocycles. The van der Waals surface area contributed by atoms with Gasteiger partial charge < -0.3 is 0 Å². The first-order valence-electron chi connectivity index (χ1n) is 8.72. The Morgan fingerprint density at radius 2 is 1.64 bits per heavy atom. The first-order chi connectivity index (χ1) is 11.6. The molecule has 5 nitrogen and oxygen atoms in total. The lowest BCUT2D eigenvalue weighted by molar-refractivity contribution is -0.129. The highest BCUT2D eigenvalue weighted by molar-refractivity contribution is 6.32. The quantitative estimate of drug-likeness (QED) is 0.535. The Morgan fingerprint density at radius 1 is 1.12 bits per heavy atom. The molecule has 2 amide bonds. The van der Waals surface area contributed by atoms with E-state index in [4.69, 9.17) is 11.6 Å². The monoisotopic (exact) mass is 365 g/mol. The largest absolute Gasteiger partial charge is 0.296 e. The van der Waals surface area contributed by atoms with Gasteiger partial charge in [-0.15, -0.1) is 0 Å². The van der Waals surface area contributed by atoms with Crippen LogP contribution in [-0.2, 0) is 15.0 Å². The minimum atomic E-state index is -1.17. The van der Waals surface area contributed by atoms with Crippen LogP contribution in [0.15, 0.2) is 24.3 Å². The van der Waals surface area contributed by atoms with E-state index >= 15 is 0 Å². The van der Waals surface area contributed by atoms with Gasteiger partial charge in [0, 0.05) is 17.1 Å². The van der Waals surface area contributed by atoms with Crippen LogP contribution >= 0.6 is 11.6 Å². The molecule has 2 unspecified atom stereocenters. The molecular weight excluding hydrogens is 338 g/mol. The van der Waals surface area contributed by atoms with Gasteiger partial charge in [0.1, 0.15) is 5.41 Å². The number of halogens is 1. The molecule has 0 aliphatic carbocycles. The van der Waals surface area contributed by atoms with E-state index in [0.29, 0.717) is 10.6 Å². The van der Waals surface area contributed by atoms with Gasteiger partial charge in [0.05, 0.1) is 11.6 Å². The summed E-state index contributed by atoms with van der Waals surface area (Å²) in [6.07, 6.45) is 0. The van der Waals surface area contributed by atoms with Crippen LogP contribution in [0, 0.1) is 5.92 Å². The van der Waals surface area contributed by atoms with Gasteiger partial charge in [-0.25, -0.2) is 0 Å². The predicted molar refractivity (Wildman–Crippen MR) is 100 cm³/mol. The van der Waals surface area contributed by atoms with Crippen molar-refractivity contribution in [1.82, 2.24) is 16.0 Å². The average molecular weight is 366 g/mol. The summed E-state index contributed by atoms with van der Waals surface area (Å²) in [5, 5.41) is 9.98. The number of carbonyl (C=O) groups excluding carboxylic acids is 2. The van der Waals surface area contributed by atoms with Gasteiger partial charge in [-0.05, 0) is 46.2 Å². The van der Waals surface area contributed by atoms with Crippen LogP contribution in [0.1, 0.15) is 47.1 Å². The fourth-order valence-electron chi connectivity index (χ4n) is 4.20. The van der Waals surface area contributed by atoms with Crippen LogP contribution in [-0.4, -0.2) is 29.6 Å². The van der Waals surface area contributed by atoms with Gasteiger partial charge in [0.2, 0.25) is 11.8 Å². The maximum Gasteiger partial charge on any atom is 0.241 e. The van der Waals surface area contributed by atoms with E-state index in [1.165, 1.54) is 0 Å².